The van der Waals surface area contributed by atoms with E-state index in [1.165, 1.54) is 0 Å². The van der Waals surface area contributed by atoms with Gasteiger partial charge in [-0.2, -0.15) is 0 Å². The minimum atomic E-state index is -0.576. The monoisotopic (exact) mass is 465 g/mol. The zero-order chi connectivity index (χ0) is 24.0. The maximum absolute atomic E-state index is 14.9. The number of halogens is 1. The van der Waals surface area contributed by atoms with E-state index in [1.54, 1.807) is 18.2 Å². The van der Waals surface area contributed by atoms with E-state index < -0.39 is 5.41 Å². The Hall–Kier alpha value is -3.23. The Morgan fingerprint density at radius 2 is 1.88 bits per heavy atom. The van der Waals surface area contributed by atoms with Gasteiger partial charge in [0.2, 0.25) is 5.88 Å². The van der Waals surface area contributed by atoms with E-state index in [1.807, 2.05) is 50.2 Å². The molecule has 2 aromatic carbocycles. The lowest BCUT2D eigenvalue weighted by molar-refractivity contribution is 0.0376. The number of nitrogens with zero attached hydrogens (tertiary/aromatic N) is 2. The van der Waals surface area contributed by atoms with Crippen LogP contribution in [0.15, 0.2) is 59.1 Å². The molecule has 34 heavy (non-hydrogen) atoms. The second-order valence-corrected chi connectivity index (χ2v) is 9.00. The van der Waals surface area contributed by atoms with Crippen molar-refractivity contribution < 1.29 is 13.7 Å². The summed E-state index contributed by atoms with van der Waals surface area (Å²) < 4.78 is 25.7. The Morgan fingerprint density at radius 1 is 1.12 bits per heavy atom. The maximum Gasteiger partial charge on any atom is 0.231 e. The summed E-state index contributed by atoms with van der Waals surface area (Å²) in [5, 5.41) is 18.3. The van der Waals surface area contributed by atoms with Gasteiger partial charge < -0.3 is 14.6 Å². The van der Waals surface area contributed by atoms with Crippen LogP contribution in [0.1, 0.15) is 31.5 Å². The Balaban J connectivity index is 1.33. The van der Waals surface area contributed by atoms with Crippen LogP contribution in [0.5, 0.6) is 0 Å². The van der Waals surface area contributed by atoms with Crippen LogP contribution in [0, 0.1) is 11.2 Å². The molecule has 0 unspecified atom stereocenters. The zero-order valence-electron chi connectivity index (χ0n) is 19.7. The predicted molar refractivity (Wildman–Crippen MR) is 132 cm³/mol. The third-order valence-electron chi connectivity index (χ3n) is 6.23. The molecule has 0 aliphatic carbocycles. The highest BCUT2D eigenvalue weighted by Crippen LogP contribution is 2.34. The van der Waals surface area contributed by atoms with Crippen LogP contribution in [0.4, 0.5) is 10.3 Å². The number of hydrogen-bond acceptors (Lipinski definition) is 5. The van der Waals surface area contributed by atoms with Gasteiger partial charge in [0, 0.05) is 36.7 Å². The fourth-order valence-corrected chi connectivity index (χ4v) is 4.04. The average Bonchev–Trinajstić information content (AvgIpc) is 3.32. The minimum absolute atomic E-state index is 0.153. The van der Waals surface area contributed by atoms with E-state index in [4.69, 9.17) is 14.7 Å². The highest BCUT2D eigenvalue weighted by Gasteiger charge is 2.28. The molecule has 8 heteroatoms. The van der Waals surface area contributed by atoms with E-state index in [0.29, 0.717) is 23.7 Å². The number of ether oxygens (including phenoxy) is 1. The molecule has 3 aromatic rings. The number of benzene rings is 2. The topological polar surface area (TPSA) is 86.4 Å². The minimum Gasteiger partial charge on any atom is -0.379 e. The highest BCUT2D eigenvalue weighted by atomic mass is 19.1. The van der Waals surface area contributed by atoms with Gasteiger partial charge in [0.1, 0.15) is 5.82 Å². The van der Waals surface area contributed by atoms with Gasteiger partial charge in [-0.1, -0.05) is 61.5 Å². The second-order valence-electron chi connectivity index (χ2n) is 9.00. The van der Waals surface area contributed by atoms with Crippen LogP contribution in [-0.2, 0) is 10.2 Å². The number of hydrogen-bond donors (Lipinski definition) is 3. The van der Waals surface area contributed by atoms with Crippen molar-refractivity contribution >= 4 is 11.8 Å². The second kappa shape index (κ2) is 10.8. The van der Waals surface area contributed by atoms with Crippen molar-refractivity contribution in [3.05, 3.63) is 71.7 Å². The Morgan fingerprint density at radius 3 is 2.62 bits per heavy atom. The molecule has 1 aliphatic heterocycles. The number of guanidine groups is 1. The lowest BCUT2D eigenvalue weighted by Crippen LogP contribution is -2.38. The van der Waals surface area contributed by atoms with Crippen molar-refractivity contribution in [1.82, 2.24) is 15.4 Å². The van der Waals surface area contributed by atoms with Crippen molar-refractivity contribution in [2.75, 3.05) is 44.7 Å². The van der Waals surface area contributed by atoms with Gasteiger partial charge in [0.05, 0.1) is 18.9 Å². The van der Waals surface area contributed by atoms with Gasteiger partial charge in [-0.3, -0.25) is 15.6 Å². The summed E-state index contributed by atoms with van der Waals surface area (Å²) in [6.45, 7) is 9.11. The summed E-state index contributed by atoms with van der Waals surface area (Å²) >= 11 is 0. The number of morpholine rings is 1. The molecule has 0 spiro atoms. The fraction of sp³-hybridized carbons (Fsp3) is 0.385. The Bertz CT molecular complexity index is 1090. The average molecular weight is 466 g/mol. The van der Waals surface area contributed by atoms with Crippen LogP contribution in [0.3, 0.4) is 0 Å². The van der Waals surface area contributed by atoms with Crippen molar-refractivity contribution in [2.24, 2.45) is 0 Å². The normalized spacial score (nSPS) is 14.7. The Kier molecular flexibility index (Phi) is 7.59. The molecule has 1 fully saturated rings. The smallest absolute Gasteiger partial charge is 0.231 e. The lowest BCUT2D eigenvalue weighted by atomic mass is 9.81. The van der Waals surface area contributed by atoms with Crippen molar-refractivity contribution in [1.29, 1.82) is 5.41 Å². The summed E-state index contributed by atoms with van der Waals surface area (Å²) in [6, 6.07) is 16.5. The quantitative estimate of drug-likeness (QED) is 0.259. The molecule has 1 aliphatic rings. The maximum atomic E-state index is 14.9. The molecule has 2 heterocycles. The number of aromatic nitrogens is 1. The lowest BCUT2D eigenvalue weighted by Gasteiger charge is -2.26. The summed E-state index contributed by atoms with van der Waals surface area (Å²) in [6.07, 6.45) is 0.934. The third kappa shape index (κ3) is 5.81. The van der Waals surface area contributed by atoms with Gasteiger partial charge >= 0.3 is 0 Å². The van der Waals surface area contributed by atoms with Crippen molar-refractivity contribution in [2.45, 2.75) is 25.7 Å². The summed E-state index contributed by atoms with van der Waals surface area (Å²) in [4.78, 5) is 2.36. The van der Waals surface area contributed by atoms with E-state index in [2.05, 4.69) is 20.7 Å². The molecule has 0 radical (unpaired) electrons. The molecule has 180 valence electrons. The van der Waals surface area contributed by atoms with Crippen LogP contribution in [-0.4, -0.2) is 55.4 Å². The first-order chi connectivity index (χ1) is 16.4. The van der Waals surface area contributed by atoms with Crippen LogP contribution in [0.25, 0.3) is 11.1 Å². The molecule has 1 saturated heterocycles. The molecule has 3 N–H and O–H groups in total. The molecule has 7 nitrogen and oxygen atoms in total. The largest absolute Gasteiger partial charge is 0.379 e. The van der Waals surface area contributed by atoms with Crippen LogP contribution < -0.4 is 10.6 Å². The molecule has 0 amide bonds. The Labute approximate surface area is 199 Å². The summed E-state index contributed by atoms with van der Waals surface area (Å²) in [7, 11) is 0. The van der Waals surface area contributed by atoms with Crippen LogP contribution in [0.2, 0.25) is 0 Å². The predicted octanol–water partition coefficient (Wildman–Crippen LogP) is 4.47. The van der Waals surface area contributed by atoms with E-state index in [9.17, 15) is 4.39 Å². The summed E-state index contributed by atoms with van der Waals surface area (Å²) in [5.74, 6) is 0.248. The zero-order valence-corrected chi connectivity index (χ0v) is 19.7. The molecule has 4 rings (SSSR count). The fourth-order valence-electron chi connectivity index (χ4n) is 4.04. The first-order valence-electron chi connectivity index (χ1n) is 11.7. The molecule has 0 atom stereocenters. The van der Waals surface area contributed by atoms with Gasteiger partial charge in [-0.25, -0.2) is 4.39 Å². The van der Waals surface area contributed by atoms with Gasteiger partial charge in [-0.05, 0) is 30.2 Å². The molecular formula is C26H32FN5O2. The van der Waals surface area contributed by atoms with E-state index >= 15 is 0 Å². The van der Waals surface area contributed by atoms with Crippen molar-refractivity contribution in [3.63, 3.8) is 0 Å². The molecule has 0 saturated carbocycles. The summed E-state index contributed by atoms with van der Waals surface area (Å²) in [5.41, 5.74) is 2.28. The van der Waals surface area contributed by atoms with Crippen LogP contribution >= 0.6 is 0 Å². The first kappa shape index (κ1) is 23.9. The first-order valence-corrected chi connectivity index (χ1v) is 11.7. The third-order valence-corrected chi connectivity index (χ3v) is 6.23. The number of nitrogens with one attached hydrogen (secondary N) is 3. The van der Waals surface area contributed by atoms with Crippen molar-refractivity contribution in [3.8, 4) is 11.1 Å². The van der Waals surface area contributed by atoms with E-state index in [0.717, 1.165) is 50.4 Å². The molecule has 0 bridgehead atoms. The molecular weight excluding hydrogens is 433 g/mol. The van der Waals surface area contributed by atoms with Gasteiger partial charge in [0.15, 0.2) is 5.96 Å². The highest BCUT2D eigenvalue weighted by molar-refractivity contribution is 5.89. The number of anilines is 1. The SMILES string of the molecule is CC(C)(c1ccc(-c2ccccc2)c(F)c1)c1cc(NC(=N)NCCCN2CCOCC2)on1. The molecule has 1 aromatic heterocycles. The van der Waals surface area contributed by atoms with Gasteiger partial charge in [-0.15, -0.1) is 0 Å². The standard InChI is InChI=1S/C26H32FN5O2/c1-26(2,20-9-10-21(22(27)17-20)19-7-4-3-5-8-19)23-18-24(34-31-23)30-25(28)29-11-6-12-32-13-15-33-16-14-32/h3-5,7-10,17-18H,6,11-16H2,1-2H3,(H3,28,29,30). The number of rotatable bonds is 8. The van der Waals surface area contributed by atoms with E-state index in [-0.39, 0.29) is 11.8 Å². The van der Waals surface area contributed by atoms with Gasteiger partial charge in [0.25, 0.3) is 0 Å².